The summed E-state index contributed by atoms with van der Waals surface area (Å²) in [6.07, 6.45) is 3.77. The van der Waals surface area contributed by atoms with E-state index in [4.69, 9.17) is 10.8 Å². The number of nitrogens with one attached hydrogen (secondary N) is 1. The van der Waals surface area contributed by atoms with E-state index in [1.165, 1.54) is 0 Å². The van der Waals surface area contributed by atoms with Gasteiger partial charge in [0.25, 0.3) is 5.91 Å². The molecule has 0 radical (unpaired) electrons. The second-order valence-corrected chi connectivity index (χ2v) is 4.98. The van der Waals surface area contributed by atoms with Gasteiger partial charge in [0, 0.05) is 28.9 Å². The number of anilines is 1. The van der Waals surface area contributed by atoms with Crippen LogP contribution in [0.4, 0.5) is 5.69 Å². The van der Waals surface area contributed by atoms with Crippen LogP contribution in [-0.2, 0) is 0 Å². The highest BCUT2D eigenvalue weighted by Gasteiger charge is 2.06. The highest BCUT2D eigenvalue weighted by molar-refractivity contribution is 9.10. The zero-order chi connectivity index (χ0) is 13.4. The minimum Gasteiger partial charge on any atom is -0.398 e. The van der Waals surface area contributed by atoms with Crippen molar-refractivity contribution in [1.82, 2.24) is 5.32 Å². The highest BCUT2D eigenvalue weighted by atomic mass is 79.9. The Morgan fingerprint density at radius 2 is 2.00 bits per heavy atom. The summed E-state index contributed by atoms with van der Waals surface area (Å²) in [7, 11) is 0. The van der Waals surface area contributed by atoms with Gasteiger partial charge in [-0.1, -0.05) is 12.8 Å². The van der Waals surface area contributed by atoms with Gasteiger partial charge in [0.15, 0.2) is 0 Å². The summed E-state index contributed by atoms with van der Waals surface area (Å²) < 4.78 is 0.794. The number of hydrogen-bond acceptors (Lipinski definition) is 3. The third-order valence-electron chi connectivity index (χ3n) is 2.63. The molecule has 0 saturated heterocycles. The summed E-state index contributed by atoms with van der Waals surface area (Å²) in [6.45, 7) is 0.894. The second kappa shape index (κ2) is 8.11. The fourth-order valence-corrected chi connectivity index (χ4v) is 1.83. The van der Waals surface area contributed by atoms with Crippen LogP contribution in [0.1, 0.15) is 36.0 Å². The first kappa shape index (κ1) is 15.0. The van der Waals surface area contributed by atoms with Crippen molar-refractivity contribution in [2.24, 2.45) is 0 Å². The summed E-state index contributed by atoms with van der Waals surface area (Å²) in [5, 5.41) is 11.5. The zero-order valence-corrected chi connectivity index (χ0v) is 11.9. The van der Waals surface area contributed by atoms with Gasteiger partial charge < -0.3 is 16.2 Å². The Bertz CT molecular complexity index is 397. The molecule has 1 rings (SSSR count). The van der Waals surface area contributed by atoms with Crippen molar-refractivity contribution >= 4 is 27.5 Å². The first-order valence-corrected chi connectivity index (χ1v) is 6.88. The Morgan fingerprint density at radius 1 is 1.28 bits per heavy atom. The molecule has 1 aromatic rings. The van der Waals surface area contributed by atoms with Gasteiger partial charge >= 0.3 is 0 Å². The van der Waals surface area contributed by atoms with Crippen LogP contribution in [0.25, 0.3) is 0 Å². The molecule has 0 aliphatic rings. The molecule has 0 atom stereocenters. The van der Waals surface area contributed by atoms with E-state index in [-0.39, 0.29) is 12.5 Å². The van der Waals surface area contributed by atoms with E-state index in [0.717, 1.165) is 30.2 Å². The summed E-state index contributed by atoms with van der Waals surface area (Å²) in [5.74, 6) is -0.101. The summed E-state index contributed by atoms with van der Waals surface area (Å²) >= 11 is 3.29. The molecular weight excluding hydrogens is 296 g/mol. The maximum Gasteiger partial charge on any atom is 0.251 e. The smallest absolute Gasteiger partial charge is 0.251 e. The van der Waals surface area contributed by atoms with Crippen molar-refractivity contribution in [3.05, 3.63) is 28.2 Å². The lowest BCUT2D eigenvalue weighted by atomic mass is 10.1. The maximum atomic E-state index is 11.8. The lowest BCUT2D eigenvalue weighted by molar-refractivity contribution is 0.0953. The molecule has 0 bridgehead atoms. The van der Waals surface area contributed by atoms with E-state index >= 15 is 0 Å². The van der Waals surface area contributed by atoms with E-state index < -0.39 is 0 Å². The van der Waals surface area contributed by atoms with Crippen molar-refractivity contribution in [3.8, 4) is 0 Å². The second-order valence-electron chi connectivity index (χ2n) is 4.13. The quantitative estimate of drug-likeness (QED) is 0.534. The maximum absolute atomic E-state index is 11.8. The number of unbranched alkanes of at least 4 members (excludes halogenated alkanes) is 3. The number of nitrogen functional groups attached to an aromatic ring is 1. The Morgan fingerprint density at radius 3 is 2.67 bits per heavy atom. The summed E-state index contributed by atoms with van der Waals surface area (Å²) in [5.41, 5.74) is 6.85. The van der Waals surface area contributed by atoms with Gasteiger partial charge in [0.2, 0.25) is 0 Å². The number of aliphatic hydroxyl groups is 1. The van der Waals surface area contributed by atoms with Crippen LogP contribution in [0.5, 0.6) is 0 Å². The van der Waals surface area contributed by atoms with Crippen LogP contribution >= 0.6 is 15.9 Å². The number of halogens is 1. The molecule has 0 heterocycles. The van der Waals surface area contributed by atoms with E-state index in [2.05, 4.69) is 21.2 Å². The minimum atomic E-state index is -0.101. The lowest BCUT2D eigenvalue weighted by Gasteiger charge is -2.06. The number of hydrogen-bond donors (Lipinski definition) is 3. The number of aliphatic hydroxyl groups excluding tert-OH is 1. The van der Waals surface area contributed by atoms with E-state index in [0.29, 0.717) is 17.8 Å². The first-order valence-electron chi connectivity index (χ1n) is 6.09. The average Bonchev–Trinajstić information content (AvgIpc) is 2.36. The van der Waals surface area contributed by atoms with Crippen LogP contribution in [0.2, 0.25) is 0 Å². The zero-order valence-electron chi connectivity index (χ0n) is 10.3. The van der Waals surface area contributed by atoms with E-state index in [1.54, 1.807) is 18.2 Å². The topological polar surface area (TPSA) is 75.4 Å². The Labute approximate surface area is 116 Å². The normalized spacial score (nSPS) is 10.3. The average molecular weight is 315 g/mol. The van der Waals surface area contributed by atoms with Gasteiger partial charge in [-0.2, -0.15) is 0 Å². The summed E-state index contributed by atoms with van der Waals surface area (Å²) in [4.78, 5) is 11.8. The molecule has 100 valence electrons. The molecule has 0 unspecified atom stereocenters. The van der Waals surface area contributed by atoms with Gasteiger partial charge in [-0.05, 0) is 47.0 Å². The molecule has 0 spiro atoms. The van der Waals surface area contributed by atoms with Crippen molar-refractivity contribution < 1.29 is 9.90 Å². The van der Waals surface area contributed by atoms with Crippen molar-refractivity contribution in [2.45, 2.75) is 25.7 Å². The van der Waals surface area contributed by atoms with Crippen molar-refractivity contribution in [1.29, 1.82) is 0 Å². The number of carbonyl (C=O) groups excluding carboxylic acids is 1. The predicted octanol–water partition coefficient (Wildman–Crippen LogP) is 2.31. The summed E-state index contributed by atoms with van der Waals surface area (Å²) in [6, 6.07) is 5.16. The first-order chi connectivity index (χ1) is 8.65. The van der Waals surface area contributed by atoms with Gasteiger partial charge in [0.05, 0.1) is 0 Å². The minimum absolute atomic E-state index is 0.101. The van der Waals surface area contributed by atoms with E-state index in [1.807, 2.05) is 0 Å². The third-order valence-corrected chi connectivity index (χ3v) is 3.35. The van der Waals surface area contributed by atoms with Crippen molar-refractivity contribution in [2.75, 3.05) is 18.9 Å². The number of nitrogens with two attached hydrogens (primary N) is 1. The number of amides is 1. The van der Waals surface area contributed by atoms with Crippen LogP contribution in [0.15, 0.2) is 22.7 Å². The molecule has 0 saturated carbocycles. The molecule has 0 aromatic heterocycles. The molecule has 4 nitrogen and oxygen atoms in total. The molecule has 1 amide bonds. The molecule has 5 heteroatoms. The SMILES string of the molecule is Nc1cc(C(=O)NCCCCCCO)ccc1Br. The molecular formula is C13H19BrN2O2. The molecule has 18 heavy (non-hydrogen) atoms. The Hall–Kier alpha value is -1.07. The van der Waals surface area contributed by atoms with Gasteiger partial charge in [-0.3, -0.25) is 4.79 Å². The molecule has 1 aromatic carbocycles. The van der Waals surface area contributed by atoms with Gasteiger partial charge in [-0.25, -0.2) is 0 Å². The number of carbonyl (C=O) groups is 1. The van der Waals surface area contributed by atoms with Crippen LogP contribution in [-0.4, -0.2) is 24.2 Å². The van der Waals surface area contributed by atoms with Gasteiger partial charge in [0.1, 0.15) is 0 Å². The molecule has 0 fully saturated rings. The van der Waals surface area contributed by atoms with Crippen LogP contribution < -0.4 is 11.1 Å². The monoisotopic (exact) mass is 314 g/mol. The lowest BCUT2D eigenvalue weighted by Crippen LogP contribution is -2.24. The fraction of sp³-hybridized carbons (Fsp3) is 0.462. The third kappa shape index (κ3) is 5.06. The fourth-order valence-electron chi connectivity index (χ4n) is 1.58. The number of benzene rings is 1. The molecule has 0 aliphatic carbocycles. The van der Waals surface area contributed by atoms with Crippen molar-refractivity contribution in [3.63, 3.8) is 0 Å². The highest BCUT2D eigenvalue weighted by Crippen LogP contribution is 2.20. The van der Waals surface area contributed by atoms with Gasteiger partial charge in [-0.15, -0.1) is 0 Å². The molecule has 4 N–H and O–H groups in total. The molecule has 0 aliphatic heterocycles. The largest absolute Gasteiger partial charge is 0.398 e. The Balaban J connectivity index is 2.30. The standard InChI is InChI=1S/C13H19BrN2O2/c14-11-6-5-10(9-12(11)15)13(18)16-7-3-1-2-4-8-17/h5-6,9,17H,1-4,7-8,15H2,(H,16,18). The van der Waals surface area contributed by atoms with Crippen LogP contribution in [0, 0.1) is 0 Å². The predicted molar refractivity (Wildman–Crippen MR) is 76.4 cm³/mol. The van der Waals surface area contributed by atoms with E-state index in [9.17, 15) is 4.79 Å². The number of rotatable bonds is 7. The van der Waals surface area contributed by atoms with Crippen LogP contribution in [0.3, 0.4) is 0 Å². The Kier molecular flexibility index (Phi) is 6.75.